The first kappa shape index (κ1) is 23.1. The number of pyridine rings is 1. The maximum Gasteiger partial charge on any atom is 0.308 e. The number of nitrogens with zero attached hydrogens (tertiary/aromatic N) is 4. The van der Waals surface area contributed by atoms with Gasteiger partial charge in [0.25, 0.3) is 5.88 Å². The molecule has 186 valence electrons. The van der Waals surface area contributed by atoms with Crippen LogP contribution in [0.5, 0.6) is 5.88 Å². The maximum atomic E-state index is 13.4. The van der Waals surface area contributed by atoms with Gasteiger partial charge in [-0.15, -0.1) is 5.10 Å². The lowest BCUT2D eigenvalue weighted by Crippen LogP contribution is -2.27. The van der Waals surface area contributed by atoms with Crippen LogP contribution in [-0.4, -0.2) is 26.8 Å². The third-order valence-electron chi connectivity index (χ3n) is 8.35. The second kappa shape index (κ2) is 8.65. The fraction of sp³-hybridized carbons (Fsp3) is 0.500. The van der Waals surface area contributed by atoms with E-state index in [2.05, 4.69) is 42.9 Å². The quantitative estimate of drug-likeness (QED) is 0.403. The fourth-order valence-electron chi connectivity index (χ4n) is 5.82. The van der Waals surface area contributed by atoms with Gasteiger partial charge < -0.3 is 4.74 Å². The van der Waals surface area contributed by atoms with E-state index < -0.39 is 0 Å². The molecule has 6 nitrogen and oxygen atoms in total. The molecule has 0 bridgehead atoms. The van der Waals surface area contributed by atoms with Crippen LogP contribution in [-0.2, 0) is 11.8 Å². The number of aromatic nitrogens is 3. The first-order valence-electron chi connectivity index (χ1n) is 13.3. The lowest BCUT2D eigenvalue weighted by molar-refractivity contribution is -0.112. The number of benzene rings is 1. The largest absolute Gasteiger partial charge is 0.472 e. The summed E-state index contributed by atoms with van der Waals surface area (Å²) in [7, 11) is 1.92. The number of rotatable bonds is 5. The summed E-state index contributed by atoms with van der Waals surface area (Å²) in [4.78, 5) is 20.1. The molecule has 3 saturated carbocycles. The highest BCUT2D eigenvalue weighted by Crippen LogP contribution is 2.56. The lowest BCUT2D eigenvalue weighted by Gasteiger charge is -2.28. The average Bonchev–Trinajstić information content (AvgIpc) is 3.78. The fourth-order valence-corrected chi connectivity index (χ4v) is 5.82. The summed E-state index contributed by atoms with van der Waals surface area (Å²) < 4.78 is 8.31. The average molecular weight is 483 g/mol. The van der Waals surface area contributed by atoms with E-state index >= 15 is 0 Å². The first-order valence-corrected chi connectivity index (χ1v) is 13.3. The number of carbonyl (C=O) groups excluding carboxylic acids is 1. The molecular formula is C30H34N4O2. The topological polar surface area (TPSA) is 60.3 Å². The molecule has 3 aliphatic rings. The monoisotopic (exact) mass is 482 g/mol. The third kappa shape index (κ3) is 4.15. The molecule has 3 aliphatic carbocycles. The Morgan fingerprint density at radius 2 is 1.92 bits per heavy atom. The van der Waals surface area contributed by atoms with Crippen LogP contribution in [0.3, 0.4) is 0 Å². The molecule has 6 heteroatoms. The van der Waals surface area contributed by atoms with E-state index in [1.807, 2.05) is 23.9 Å². The van der Waals surface area contributed by atoms with E-state index in [4.69, 9.17) is 9.72 Å². The molecule has 3 fully saturated rings. The second-order valence-corrected chi connectivity index (χ2v) is 11.1. The van der Waals surface area contributed by atoms with E-state index in [1.165, 1.54) is 36.8 Å². The standard InChI is InChI=1S/C30H34N4O2/c1-5-7-27(35)34(25-17-20(3)19(2)16-23(25)21-9-10-21)26-12-11-24-28(31-26)29(32-33(24)4)36-22-8-6-13-30(18-22)14-15-30/h11-12,16-17,21-22H,6,8-10,13-15,18H2,1-4H3. The van der Waals surface area contributed by atoms with Gasteiger partial charge >= 0.3 is 5.91 Å². The van der Waals surface area contributed by atoms with Crippen molar-refractivity contribution in [3.05, 3.63) is 41.0 Å². The van der Waals surface area contributed by atoms with Gasteiger partial charge in [0.2, 0.25) is 0 Å². The predicted molar refractivity (Wildman–Crippen MR) is 142 cm³/mol. The van der Waals surface area contributed by atoms with Crippen molar-refractivity contribution in [1.82, 2.24) is 14.8 Å². The van der Waals surface area contributed by atoms with Crippen LogP contribution >= 0.6 is 0 Å². The smallest absolute Gasteiger partial charge is 0.308 e. The number of hydrogen-bond donors (Lipinski definition) is 0. The Morgan fingerprint density at radius 3 is 2.64 bits per heavy atom. The van der Waals surface area contributed by atoms with Crippen LogP contribution in [0.15, 0.2) is 24.3 Å². The zero-order valence-corrected chi connectivity index (χ0v) is 21.7. The van der Waals surface area contributed by atoms with Gasteiger partial charge in [0, 0.05) is 7.05 Å². The summed E-state index contributed by atoms with van der Waals surface area (Å²) in [5.41, 5.74) is 6.57. The molecule has 2 aromatic heterocycles. The molecule has 1 amide bonds. The van der Waals surface area contributed by atoms with Crippen molar-refractivity contribution in [2.45, 2.75) is 84.2 Å². The molecular weight excluding hydrogens is 448 g/mol. The molecule has 36 heavy (non-hydrogen) atoms. The van der Waals surface area contributed by atoms with Crippen molar-refractivity contribution >= 4 is 28.4 Å². The number of carbonyl (C=O) groups is 1. The number of aryl methyl sites for hydroxylation is 3. The van der Waals surface area contributed by atoms with Gasteiger partial charge in [-0.3, -0.25) is 14.4 Å². The number of fused-ring (bicyclic) bond motifs is 1. The maximum absolute atomic E-state index is 13.4. The normalized spacial score (nSPS) is 20.2. The van der Waals surface area contributed by atoms with Crippen LogP contribution in [0.2, 0.25) is 0 Å². The molecule has 2 heterocycles. The summed E-state index contributed by atoms with van der Waals surface area (Å²) >= 11 is 0. The zero-order chi connectivity index (χ0) is 25.0. The Hall–Kier alpha value is -3.33. The molecule has 0 radical (unpaired) electrons. The van der Waals surface area contributed by atoms with Gasteiger partial charge in [-0.2, -0.15) is 0 Å². The van der Waals surface area contributed by atoms with E-state index in [9.17, 15) is 4.79 Å². The summed E-state index contributed by atoms with van der Waals surface area (Å²) in [6, 6.07) is 8.23. The molecule has 1 aromatic carbocycles. The van der Waals surface area contributed by atoms with Gasteiger partial charge in [-0.25, -0.2) is 4.98 Å². The van der Waals surface area contributed by atoms with Gasteiger partial charge in [0.05, 0.1) is 11.2 Å². The molecule has 1 unspecified atom stereocenters. The van der Waals surface area contributed by atoms with Crippen LogP contribution in [0.1, 0.15) is 80.9 Å². The van der Waals surface area contributed by atoms with Crippen molar-refractivity contribution in [3.8, 4) is 17.7 Å². The van der Waals surface area contributed by atoms with E-state index in [0.717, 1.165) is 42.5 Å². The number of ether oxygens (including phenoxy) is 1. The Kier molecular flexibility index (Phi) is 5.55. The zero-order valence-electron chi connectivity index (χ0n) is 21.7. The van der Waals surface area contributed by atoms with E-state index in [0.29, 0.717) is 28.5 Å². The van der Waals surface area contributed by atoms with E-state index in [-0.39, 0.29) is 12.0 Å². The molecule has 0 saturated heterocycles. The van der Waals surface area contributed by atoms with Gasteiger partial charge in [-0.05, 0) is 124 Å². The summed E-state index contributed by atoms with van der Waals surface area (Å²) in [6.45, 7) is 5.91. The molecule has 1 atom stereocenters. The minimum Gasteiger partial charge on any atom is -0.472 e. The van der Waals surface area contributed by atoms with Gasteiger partial charge in [0.1, 0.15) is 11.9 Å². The van der Waals surface area contributed by atoms with Crippen molar-refractivity contribution in [1.29, 1.82) is 0 Å². The van der Waals surface area contributed by atoms with Crippen LogP contribution in [0.4, 0.5) is 11.5 Å². The van der Waals surface area contributed by atoms with Gasteiger partial charge in [-0.1, -0.05) is 12.0 Å². The molecule has 1 spiro atoms. The van der Waals surface area contributed by atoms with Crippen molar-refractivity contribution in [2.24, 2.45) is 12.5 Å². The Balaban J connectivity index is 1.43. The SMILES string of the molecule is CC#CC(=O)N(c1ccc2c(n1)c(OC1CCCC3(CC3)C1)nn2C)c1cc(C)c(C)cc1C1CC1. The Morgan fingerprint density at radius 1 is 1.14 bits per heavy atom. The minimum absolute atomic E-state index is 0.176. The minimum atomic E-state index is -0.274. The number of hydrogen-bond acceptors (Lipinski definition) is 4. The highest BCUT2D eigenvalue weighted by atomic mass is 16.5. The van der Waals surface area contributed by atoms with Crippen molar-refractivity contribution < 1.29 is 9.53 Å². The second-order valence-electron chi connectivity index (χ2n) is 11.1. The van der Waals surface area contributed by atoms with Crippen LogP contribution in [0.25, 0.3) is 11.0 Å². The molecule has 3 aromatic rings. The Bertz CT molecular complexity index is 1420. The number of anilines is 2. The van der Waals surface area contributed by atoms with E-state index in [1.54, 1.807) is 11.8 Å². The highest BCUT2D eigenvalue weighted by molar-refractivity contribution is 6.11. The molecule has 0 aliphatic heterocycles. The highest BCUT2D eigenvalue weighted by Gasteiger charge is 2.46. The van der Waals surface area contributed by atoms with Gasteiger partial charge in [0.15, 0.2) is 5.52 Å². The van der Waals surface area contributed by atoms with Crippen molar-refractivity contribution in [2.75, 3.05) is 4.90 Å². The molecule has 6 rings (SSSR count). The summed E-state index contributed by atoms with van der Waals surface area (Å²) in [5, 5.41) is 4.69. The first-order chi connectivity index (χ1) is 17.4. The lowest BCUT2D eigenvalue weighted by atomic mass is 9.84. The van der Waals surface area contributed by atoms with Crippen LogP contribution < -0.4 is 9.64 Å². The number of amides is 1. The van der Waals surface area contributed by atoms with Crippen molar-refractivity contribution in [3.63, 3.8) is 0 Å². The van der Waals surface area contributed by atoms with Crippen LogP contribution in [0, 0.1) is 31.1 Å². The Labute approximate surface area is 213 Å². The third-order valence-corrected chi connectivity index (χ3v) is 8.35. The summed E-state index contributed by atoms with van der Waals surface area (Å²) in [6.07, 6.45) is 9.82. The molecule has 0 N–H and O–H groups in total. The summed E-state index contributed by atoms with van der Waals surface area (Å²) in [5.74, 6) is 6.87. The predicted octanol–water partition coefficient (Wildman–Crippen LogP) is 6.25.